The van der Waals surface area contributed by atoms with Gasteiger partial charge in [-0.05, 0) is 56.7 Å². The average Bonchev–Trinajstić information content (AvgIpc) is 3.38. The Morgan fingerprint density at radius 2 is 2.00 bits per heavy atom. The predicted octanol–water partition coefficient (Wildman–Crippen LogP) is 1.24. The molecule has 2 saturated heterocycles. The van der Waals surface area contributed by atoms with Crippen LogP contribution in [-0.4, -0.2) is 41.5 Å². The zero-order chi connectivity index (χ0) is 15.9. The molecule has 1 aromatic heterocycles. The smallest absolute Gasteiger partial charge is 0.319 e. The summed E-state index contributed by atoms with van der Waals surface area (Å²) >= 11 is 0. The molecule has 3 heterocycles. The Morgan fingerprint density at radius 1 is 1.22 bits per heavy atom. The molecule has 0 bridgehead atoms. The molecule has 3 amide bonds. The number of rotatable bonds is 4. The van der Waals surface area contributed by atoms with Crippen LogP contribution in [0, 0.1) is 11.8 Å². The van der Waals surface area contributed by atoms with Crippen LogP contribution in [0.2, 0.25) is 0 Å². The molecule has 0 aromatic carbocycles. The van der Waals surface area contributed by atoms with Crippen LogP contribution in [0.3, 0.4) is 0 Å². The first-order valence-corrected chi connectivity index (χ1v) is 8.47. The van der Waals surface area contributed by atoms with Crippen molar-refractivity contribution in [1.82, 2.24) is 20.5 Å². The molecular weight excluding hydrogens is 292 g/mol. The van der Waals surface area contributed by atoms with E-state index < -0.39 is 5.54 Å². The fraction of sp³-hybridized carbons (Fsp3) is 0.588. The van der Waals surface area contributed by atoms with Crippen molar-refractivity contribution in [1.29, 1.82) is 0 Å². The van der Waals surface area contributed by atoms with Crippen molar-refractivity contribution >= 4 is 11.9 Å². The van der Waals surface area contributed by atoms with Crippen LogP contribution >= 0.6 is 0 Å². The fourth-order valence-corrected chi connectivity index (χ4v) is 3.88. The summed E-state index contributed by atoms with van der Waals surface area (Å²) in [6, 6.07) is 3.50. The second-order valence-corrected chi connectivity index (χ2v) is 6.86. The van der Waals surface area contributed by atoms with Crippen LogP contribution < -0.4 is 10.6 Å². The third-order valence-corrected chi connectivity index (χ3v) is 5.34. The predicted molar refractivity (Wildman–Crippen MR) is 84.5 cm³/mol. The quantitative estimate of drug-likeness (QED) is 0.820. The van der Waals surface area contributed by atoms with Gasteiger partial charge in [-0.3, -0.25) is 14.7 Å². The fourth-order valence-electron chi connectivity index (χ4n) is 3.88. The number of hydrogen-bond acceptors (Lipinski definition) is 4. The highest BCUT2D eigenvalue weighted by atomic mass is 16.2. The van der Waals surface area contributed by atoms with Crippen molar-refractivity contribution in [3.05, 3.63) is 30.1 Å². The minimum absolute atomic E-state index is 0.0886. The third-order valence-electron chi connectivity index (χ3n) is 5.34. The van der Waals surface area contributed by atoms with Gasteiger partial charge in [-0.15, -0.1) is 0 Å². The molecule has 23 heavy (non-hydrogen) atoms. The molecule has 2 aliphatic heterocycles. The minimum atomic E-state index is -0.942. The van der Waals surface area contributed by atoms with Gasteiger partial charge in [-0.1, -0.05) is 6.07 Å². The Balaban J connectivity index is 1.73. The zero-order valence-corrected chi connectivity index (χ0v) is 13.1. The Labute approximate surface area is 135 Å². The molecule has 3 aliphatic rings. The number of amides is 3. The van der Waals surface area contributed by atoms with E-state index in [4.69, 9.17) is 0 Å². The highest BCUT2D eigenvalue weighted by Gasteiger charge is 2.57. The number of piperidine rings is 1. The van der Waals surface area contributed by atoms with Crippen LogP contribution in [0.1, 0.15) is 31.2 Å². The molecule has 4 rings (SSSR count). The Morgan fingerprint density at radius 3 is 2.65 bits per heavy atom. The normalized spacial score (nSPS) is 29.0. The summed E-state index contributed by atoms with van der Waals surface area (Å²) in [6.07, 6.45) is 7.40. The van der Waals surface area contributed by atoms with E-state index >= 15 is 0 Å². The molecule has 6 nitrogen and oxygen atoms in total. The third kappa shape index (κ3) is 2.41. The number of carbonyl (C=O) groups excluding carboxylic acids is 2. The van der Waals surface area contributed by atoms with Crippen molar-refractivity contribution < 1.29 is 9.59 Å². The lowest BCUT2D eigenvalue weighted by molar-refractivity contribution is -0.134. The number of aromatic nitrogens is 1. The minimum Gasteiger partial charge on any atom is -0.319 e. The summed E-state index contributed by atoms with van der Waals surface area (Å²) in [7, 11) is 0. The van der Waals surface area contributed by atoms with Crippen molar-refractivity contribution in [2.75, 3.05) is 19.6 Å². The van der Waals surface area contributed by atoms with Gasteiger partial charge in [-0.2, -0.15) is 0 Å². The maximum atomic E-state index is 13.3. The highest BCUT2D eigenvalue weighted by Crippen LogP contribution is 2.41. The van der Waals surface area contributed by atoms with Gasteiger partial charge in [0.05, 0.1) is 0 Å². The Kier molecular flexibility index (Phi) is 3.56. The van der Waals surface area contributed by atoms with E-state index in [9.17, 15) is 9.59 Å². The van der Waals surface area contributed by atoms with Crippen molar-refractivity contribution in [2.24, 2.45) is 11.8 Å². The number of urea groups is 1. The Bertz CT molecular complexity index is 610. The summed E-state index contributed by atoms with van der Waals surface area (Å²) in [5.41, 5.74) is -0.133. The van der Waals surface area contributed by atoms with E-state index in [1.54, 1.807) is 12.4 Å². The lowest BCUT2D eigenvalue weighted by atomic mass is 9.74. The number of hydrogen-bond donors (Lipinski definition) is 2. The van der Waals surface area contributed by atoms with E-state index in [1.807, 2.05) is 12.1 Å². The van der Waals surface area contributed by atoms with Crippen LogP contribution in [0.5, 0.6) is 0 Å². The van der Waals surface area contributed by atoms with Gasteiger partial charge in [0.2, 0.25) is 0 Å². The maximum absolute atomic E-state index is 13.3. The first kappa shape index (κ1) is 14.6. The number of nitrogens with one attached hydrogen (secondary N) is 2. The summed E-state index contributed by atoms with van der Waals surface area (Å²) in [5, 5.41) is 6.39. The zero-order valence-electron chi connectivity index (χ0n) is 13.1. The summed E-state index contributed by atoms with van der Waals surface area (Å²) in [4.78, 5) is 31.5. The largest absolute Gasteiger partial charge is 0.325 e. The second-order valence-electron chi connectivity index (χ2n) is 6.86. The highest BCUT2D eigenvalue weighted by molar-refractivity contribution is 6.07. The molecule has 122 valence electrons. The van der Waals surface area contributed by atoms with Gasteiger partial charge in [0, 0.05) is 24.5 Å². The van der Waals surface area contributed by atoms with Crippen molar-refractivity contribution in [2.45, 2.75) is 31.2 Å². The van der Waals surface area contributed by atoms with Crippen LogP contribution in [0.15, 0.2) is 24.5 Å². The molecule has 1 saturated carbocycles. The van der Waals surface area contributed by atoms with E-state index in [2.05, 4.69) is 15.6 Å². The lowest BCUT2D eigenvalue weighted by Crippen LogP contribution is -2.53. The monoisotopic (exact) mass is 314 g/mol. The van der Waals surface area contributed by atoms with Crippen molar-refractivity contribution in [3.63, 3.8) is 0 Å². The van der Waals surface area contributed by atoms with E-state index in [-0.39, 0.29) is 17.9 Å². The maximum Gasteiger partial charge on any atom is 0.325 e. The molecule has 3 fully saturated rings. The van der Waals surface area contributed by atoms with Crippen molar-refractivity contribution in [3.8, 4) is 0 Å². The lowest BCUT2D eigenvalue weighted by Gasteiger charge is -2.37. The molecular formula is C17H22N4O2. The van der Waals surface area contributed by atoms with Gasteiger partial charge >= 0.3 is 6.03 Å². The Hall–Kier alpha value is -1.95. The number of imide groups is 1. The molecule has 0 radical (unpaired) electrons. The number of pyridine rings is 1. The average molecular weight is 314 g/mol. The SMILES string of the molecule is O=C1N[C@](c2cccnc2)(C2CCNCC2)C(=O)N1CC1CC1. The summed E-state index contributed by atoms with van der Waals surface area (Å²) in [5.74, 6) is 0.505. The van der Waals surface area contributed by atoms with Crippen LogP contribution in [0.25, 0.3) is 0 Å². The second kappa shape index (κ2) is 5.60. The topological polar surface area (TPSA) is 74.3 Å². The van der Waals surface area contributed by atoms with Gasteiger partial charge in [0.1, 0.15) is 0 Å². The van der Waals surface area contributed by atoms with Gasteiger partial charge in [0.15, 0.2) is 5.54 Å². The molecule has 0 unspecified atom stereocenters. The molecule has 1 atom stereocenters. The van der Waals surface area contributed by atoms with Crippen LogP contribution in [0.4, 0.5) is 4.79 Å². The van der Waals surface area contributed by atoms with E-state index in [0.29, 0.717) is 12.5 Å². The molecule has 6 heteroatoms. The van der Waals surface area contributed by atoms with Gasteiger partial charge < -0.3 is 10.6 Å². The summed E-state index contributed by atoms with van der Waals surface area (Å²) < 4.78 is 0. The molecule has 1 aromatic rings. The molecule has 2 N–H and O–H groups in total. The number of carbonyl (C=O) groups is 2. The molecule has 0 spiro atoms. The molecule has 1 aliphatic carbocycles. The first-order valence-electron chi connectivity index (χ1n) is 8.47. The number of nitrogens with zero attached hydrogens (tertiary/aromatic N) is 2. The van der Waals surface area contributed by atoms with Crippen LogP contribution in [-0.2, 0) is 10.3 Å². The first-order chi connectivity index (χ1) is 11.2. The summed E-state index contributed by atoms with van der Waals surface area (Å²) in [6.45, 7) is 2.30. The van der Waals surface area contributed by atoms with E-state index in [0.717, 1.165) is 44.3 Å². The van der Waals surface area contributed by atoms with Gasteiger partial charge in [0.25, 0.3) is 5.91 Å². The standard InChI is InChI=1S/C17H22N4O2/c22-15-17(13-5-8-18-9-6-13,14-2-1-7-19-10-14)20-16(23)21(15)11-12-3-4-12/h1-2,7,10,12-13,18H,3-6,8-9,11H2,(H,20,23)/t17-/m0/s1. The van der Waals surface area contributed by atoms with E-state index in [1.165, 1.54) is 4.90 Å². The van der Waals surface area contributed by atoms with Gasteiger partial charge in [-0.25, -0.2) is 4.79 Å².